The molecule has 0 aromatic rings. The Kier molecular flexibility index (Phi) is 18.2. The zero-order valence-corrected chi connectivity index (χ0v) is 20.8. The maximum atomic E-state index is 12.1. The fourth-order valence-electron chi connectivity index (χ4n) is 3.44. The third kappa shape index (κ3) is 17.9. The molecule has 196 valence electrons. The van der Waals surface area contributed by atoms with Crippen molar-refractivity contribution >= 4 is 29.6 Å². The molecule has 6 N–H and O–H groups in total. The molecule has 0 aromatic heterocycles. The number of hydrogen-bond donors (Lipinski definition) is 5. The van der Waals surface area contributed by atoms with Crippen LogP contribution in [0.4, 0.5) is 0 Å². The highest BCUT2D eigenvalue weighted by Crippen LogP contribution is 2.11. The first-order valence-electron chi connectivity index (χ1n) is 12.5. The van der Waals surface area contributed by atoms with Crippen LogP contribution in [0, 0.1) is 0 Å². The smallest absolute Gasteiger partial charge is 0.326 e. The molecule has 0 spiro atoms. The molecule has 2 atom stereocenters. The number of aliphatic carboxylic acids is 1. The monoisotopic (exact) mass is 484 g/mol. The van der Waals surface area contributed by atoms with Gasteiger partial charge >= 0.3 is 5.97 Å². The van der Waals surface area contributed by atoms with Gasteiger partial charge in [-0.25, -0.2) is 4.79 Å². The lowest BCUT2D eigenvalue weighted by molar-refractivity contribution is -0.142. The summed E-state index contributed by atoms with van der Waals surface area (Å²) in [5.74, 6) is -3.47. The third-order valence-corrected chi connectivity index (χ3v) is 5.51. The van der Waals surface area contributed by atoms with Crippen LogP contribution in [0.2, 0.25) is 0 Å². The third-order valence-electron chi connectivity index (χ3n) is 5.51. The van der Waals surface area contributed by atoms with Crippen molar-refractivity contribution in [2.24, 2.45) is 5.73 Å². The number of nitrogens with two attached hydrogens (primary N) is 1. The van der Waals surface area contributed by atoms with Crippen LogP contribution < -0.4 is 21.7 Å². The zero-order valence-electron chi connectivity index (χ0n) is 20.8. The summed E-state index contributed by atoms with van der Waals surface area (Å²) >= 11 is 0. The zero-order chi connectivity index (χ0) is 25.8. The molecule has 0 saturated carbocycles. The van der Waals surface area contributed by atoms with Crippen molar-refractivity contribution in [3.8, 4) is 0 Å². The first kappa shape index (κ1) is 31.4. The summed E-state index contributed by atoms with van der Waals surface area (Å²) in [5, 5.41) is 16.3. The van der Waals surface area contributed by atoms with E-state index in [0.29, 0.717) is 6.42 Å². The van der Waals surface area contributed by atoms with Crippen LogP contribution in [0.5, 0.6) is 0 Å². The fraction of sp³-hybridized carbons (Fsp3) is 0.792. The summed E-state index contributed by atoms with van der Waals surface area (Å²) in [4.78, 5) is 57.9. The summed E-state index contributed by atoms with van der Waals surface area (Å²) in [6.45, 7) is 3.28. The number of primary amides is 1. The average Bonchev–Trinajstić information content (AvgIpc) is 2.78. The van der Waals surface area contributed by atoms with Gasteiger partial charge < -0.3 is 26.8 Å². The molecule has 0 saturated heterocycles. The van der Waals surface area contributed by atoms with Gasteiger partial charge in [-0.05, 0) is 19.8 Å². The Bertz CT molecular complexity index is 641. The summed E-state index contributed by atoms with van der Waals surface area (Å²) in [6, 6.07) is -2.10. The molecule has 0 aromatic carbocycles. The number of carbonyl (C=O) groups is 5. The number of rotatable bonds is 21. The maximum absolute atomic E-state index is 12.1. The SMILES string of the molecule is CCCCCCCCCCCCCC(=O)N[C@@H](C)C(=O)NCC(=O)N[C@@H](CCC(N)=O)C(=O)O. The quantitative estimate of drug-likeness (QED) is 0.156. The van der Waals surface area contributed by atoms with E-state index in [4.69, 9.17) is 10.8 Å². The summed E-state index contributed by atoms with van der Waals surface area (Å²) in [5.41, 5.74) is 4.99. The summed E-state index contributed by atoms with van der Waals surface area (Å²) in [6.07, 6.45) is 13.1. The van der Waals surface area contributed by atoms with Gasteiger partial charge in [-0.3, -0.25) is 19.2 Å². The molecule has 0 aliphatic carbocycles. The minimum atomic E-state index is -1.30. The van der Waals surface area contributed by atoms with Crippen molar-refractivity contribution in [1.29, 1.82) is 0 Å². The van der Waals surface area contributed by atoms with Crippen molar-refractivity contribution < 1.29 is 29.1 Å². The number of hydrogen-bond acceptors (Lipinski definition) is 5. The molecule has 34 heavy (non-hydrogen) atoms. The van der Waals surface area contributed by atoms with E-state index >= 15 is 0 Å². The topological polar surface area (TPSA) is 168 Å². The molecule has 0 heterocycles. The van der Waals surface area contributed by atoms with E-state index in [1.807, 2.05) is 0 Å². The molecule has 0 bridgehead atoms. The van der Waals surface area contributed by atoms with Gasteiger partial charge in [0.2, 0.25) is 23.6 Å². The number of nitrogens with one attached hydrogen (secondary N) is 3. The lowest BCUT2D eigenvalue weighted by atomic mass is 10.1. The highest BCUT2D eigenvalue weighted by Gasteiger charge is 2.21. The average molecular weight is 485 g/mol. The highest BCUT2D eigenvalue weighted by atomic mass is 16.4. The van der Waals surface area contributed by atoms with Gasteiger partial charge in [-0.2, -0.15) is 0 Å². The lowest BCUT2D eigenvalue weighted by Gasteiger charge is -2.16. The van der Waals surface area contributed by atoms with E-state index in [1.54, 1.807) is 0 Å². The van der Waals surface area contributed by atoms with E-state index in [2.05, 4.69) is 22.9 Å². The lowest BCUT2D eigenvalue weighted by Crippen LogP contribution is -2.49. The van der Waals surface area contributed by atoms with E-state index in [9.17, 15) is 24.0 Å². The van der Waals surface area contributed by atoms with Gasteiger partial charge in [0.1, 0.15) is 12.1 Å². The number of carbonyl (C=O) groups excluding carboxylic acids is 4. The molecule has 0 radical (unpaired) electrons. The van der Waals surface area contributed by atoms with Gasteiger partial charge in [0.15, 0.2) is 0 Å². The van der Waals surface area contributed by atoms with Crippen molar-refractivity contribution in [3.63, 3.8) is 0 Å². The van der Waals surface area contributed by atoms with Crippen LogP contribution in [-0.2, 0) is 24.0 Å². The molecule has 0 rings (SSSR count). The minimum Gasteiger partial charge on any atom is -0.480 e. The van der Waals surface area contributed by atoms with E-state index in [1.165, 1.54) is 58.3 Å². The number of unbranched alkanes of at least 4 members (excludes halogenated alkanes) is 10. The van der Waals surface area contributed by atoms with Crippen molar-refractivity contribution in [2.45, 2.75) is 116 Å². The van der Waals surface area contributed by atoms with Crippen LogP contribution in [0.25, 0.3) is 0 Å². The van der Waals surface area contributed by atoms with Gasteiger partial charge in [-0.1, -0.05) is 71.1 Å². The Morgan fingerprint density at radius 1 is 0.765 bits per heavy atom. The molecule has 0 aliphatic rings. The number of amides is 4. The van der Waals surface area contributed by atoms with Gasteiger partial charge in [0, 0.05) is 12.8 Å². The van der Waals surface area contributed by atoms with Crippen molar-refractivity contribution in [2.75, 3.05) is 6.54 Å². The van der Waals surface area contributed by atoms with Gasteiger partial charge in [-0.15, -0.1) is 0 Å². The number of carboxylic acids is 1. The Morgan fingerprint density at radius 3 is 1.79 bits per heavy atom. The van der Waals surface area contributed by atoms with Crippen LogP contribution in [-0.4, -0.2) is 53.3 Å². The summed E-state index contributed by atoms with van der Waals surface area (Å²) < 4.78 is 0. The molecule has 10 heteroatoms. The molecule has 4 amide bonds. The largest absolute Gasteiger partial charge is 0.480 e. The van der Waals surface area contributed by atoms with Gasteiger partial charge in [0.05, 0.1) is 6.54 Å². The minimum absolute atomic E-state index is 0.143. The van der Waals surface area contributed by atoms with Gasteiger partial charge in [0.25, 0.3) is 0 Å². The second-order valence-electron chi connectivity index (χ2n) is 8.76. The van der Waals surface area contributed by atoms with Crippen LogP contribution in [0.3, 0.4) is 0 Å². The Balaban J connectivity index is 3.93. The Labute approximate surface area is 203 Å². The Hall–Kier alpha value is -2.65. The summed E-state index contributed by atoms with van der Waals surface area (Å²) in [7, 11) is 0. The second-order valence-corrected chi connectivity index (χ2v) is 8.76. The molecular weight excluding hydrogens is 440 g/mol. The first-order valence-corrected chi connectivity index (χ1v) is 12.5. The predicted octanol–water partition coefficient (Wildman–Crippen LogP) is 2.14. The van der Waals surface area contributed by atoms with E-state index in [0.717, 1.165) is 19.3 Å². The molecular formula is C24H44N4O6. The van der Waals surface area contributed by atoms with Crippen molar-refractivity contribution in [3.05, 3.63) is 0 Å². The predicted molar refractivity (Wildman–Crippen MR) is 130 cm³/mol. The highest BCUT2D eigenvalue weighted by molar-refractivity contribution is 5.91. The van der Waals surface area contributed by atoms with Crippen LogP contribution in [0.1, 0.15) is 104 Å². The second kappa shape index (κ2) is 19.8. The Morgan fingerprint density at radius 2 is 1.29 bits per heavy atom. The maximum Gasteiger partial charge on any atom is 0.326 e. The van der Waals surface area contributed by atoms with Crippen LogP contribution in [0.15, 0.2) is 0 Å². The molecule has 0 aliphatic heterocycles. The van der Waals surface area contributed by atoms with E-state index < -0.39 is 42.3 Å². The van der Waals surface area contributed by atoms with Crippen LogP contribution >= 0.6 is 0 Å². The fourth-order valence-corrected chi connectivity index (χ4v) is 3.44. The van der Waals surface area contributed by atoms with E-state index in [-0.39, 0.29) is 18.7 Å². The normalized spacial score (nSPS) is 12.4. The molecule has 0 fully saturated rings. The molecule has 0 unspecified atom stereocenters. The molecule has 10 nitrogen and oxygen atoms in total. The standard InChI is InChI=1S/C24H44N4O6/c1-3-4-5-6-7-8-9-10-11-12-13-14-21(30)27-18(2)23(32)26-17-22(31)28-19(24(33)34)15-16-20(25)29/h18-19H,3-17H2,1-2H3,(H2,25,29)(H,26,32)(H,27,30)(H,28,31)(H,33,34)/t18-,19-/m0/s1. The number of carboxylic acid groups (broad SMARTS) is 1. The first-order chi connectivity index (χ1) is 16.2. The van der Waals surface area contributed by atoms with Crippen molar-refractivity contribution in [1.82, 2.24) is 16.0 Å².